The normalized spacial score (nSPS) is 13.8. The summed E-state index contributed by atoms with van der Waals surface area (Å²) >= 11 is 0. The average molecular weight is 161 g/mol. The molecule has 1 aromatic carbocycles. The number of hydrogen-bond donors (Lipinski definition) is 1. The van der Waals surface area contributed by atoms with Crippen LogP contribution in [0.5, 0.6) is 0 Å². The standard InChI is InChI=1S/C9H11N.N2/c1-2-4-9-7-10-6-5-8(9)3-1;1-2/h1-4,10H,5-7H2;. The maximum Gasteiger partial charge on any atom is 0.0208 e. The van der Waals surface area contributed by atoms with Crippen LogP contribution in [-0.2, 0) is 13.0 Å². The number of nitrogens with zero attached hydrogens (tertiary/aromatic N) is 2. The molecule has 1 aliphatic heterocycles. The molecule has 0 bridgehead atoms. The van der Waals surface area contributed by atoms with E-state index in [-0.39, 0.29) is 0 Å². The molecular formula is C9H11N3. The highest BCUT2D eigenvalue weighted by molar-refractivity contribution is 5.28. The Kier molecular flexibility index (Phi) is 3.24. The molecule has 3 heteroatoms. The first-order chi connectivity index (χ1) is 5.97. The Hall–Kier alpha value is -1.40. The van der Waals surface area contributed by atoms with Gasteiger partial charge in [-0.2, -0.15) is 0 Å². The molecule has 0 atom stereocenters. The van der Waals surface area contributed by atoms with Gasteiger partial charge in [0, 0.05) is 17.3 Å². The summed E-state index contributed by atoms with van der Waals surface area (Å²) in [5.41, 5.74) is 2.98. The first kappa shape index (κ1) is 8.69. The molecular weight excluding hydrogens is 150 g/mol. The molecule has 1 aromatic rings. The molecule has 1 aliphatic rings. The monoisotopic (exact) mass is 161 g/mol. The van der Waals surface area contributed by atoms with E-state index in [1.165, 1.54) is 17.5 Å². The van der Waals surface area contributed by atoms with Gasteiger partial charge >= 0.3 is 0 Å². The molecule has 2 rings (SSSR count). The summed E-state index contributed by atoms with van der Waals surface area (Å²) in [6, 6.07) is 8.63. The molecule has 0 saturated heterocycles. The molecule has 1 N–H and O–H groups in total. The minimum atomic E-state index is 1.05. The van der Waals surface area contributed by atoms with Gasteiger partial charge in [-0.1, -0.05) is 24.3 Å². The van der Waals surface area contributed by atoms with Gasteiger partial charge in [0.1, 0.15) is 0 Å². The van der Waals surface area contributed by atoms with E-state index in [2.05, 4.69) is 29.6 Å². The number of rotatable bonds is 0. The highest BCUT2D eigenvalue weighted by atomic mass is 14.9. The van der Waals surface area contributed by atoms with Gasteiger partial charge in [-0.05, 0) is 24.1 Å². The average Bonchev–Trinajstić information content (AvgIpc) is 2.21. The van der Waals surface area contributed by atoms with Crippen molar-refractivity contribution in [2.75, 3.05) is 6.54 Å². The summed E-state index contributed by atoms with van der Waals surface area (Å²) in [4.78, 5) is 0. The summed E-state index contributed by atoms with van der Waals surface area (Å²) in [5, 5.41) is 15.3. The van der Waals surface area contributed by atoms with Crippen LogP contribution < -0.4 is 5.32 Å². The van der Waals surface area contributed by atoms with Gasteiger partial charge in [0.25, 0.3) is 0 Å². The summed E-state index contributed by atoms with van der Waals surface area (Å²) in [5.74, 6) is 0. The van der Waals surface area contributed by atoms with Crippen molar-refractivity contribution in [2.45, 2.75) is 13.0 Å². The van der Waals surface area contributed by atoms with Crippen molar-refractivity contribution in [2.24, 2.45) is 0 Å². The zero-order valence-corrected chi connectivity index (χ0v) is 6.83. The highest BCUT2D eigenvalue weighted by Gasteiger charge is 2.05. The topological polar surface area (TPSA) is 59.6 Å². The lowest BCUT2D eigenvalue weighted by Crippen LogP contribution is -2.23. The Bertz CT molecular complexity index is 242. The predicted octanol–water partition coefficient (Wildman–Crippen LogP) is 1.36. The number of fused-ring (bicyclic) bond motifs is 1. The largest absolute Gasteiger partial charge is 0.312 e. The van der Waals surface area contributed by atoms with Gasteiger partial charge in [0.05, 0.1) is 0 Å². The van der Waals surface area contributed by atoms with Crippen molar-refractivity contribution in [3.05, 3.63) is 35.4 Å². The molecule has 0 aromatic heterocycles. The second-order valence-corrected chi connectivity index (χ2v) is 2.70. The second kappa shape index (κ2) is 4.47. The van der Waals surface area contributed by atoms with Gasteiger partial charge in [-0.25, -0.2) is 0 Å². The Morgan fingerprint density at radius 2 is 1.75 bits per heavy atom. The minimum Gasteiger partial charge on any atom is -0.312 e. The first-order valence-corrected chi connectivity index (χ1v) is 3.94. The molecule has 0 radical (unpaired) electrons. The van der Waals surface area contributed by atoms with Gasteiger partial charge in [-0.15, -0.1) is 0 Å². The van der Waals surface area contributed by atoms with Crippen LogP contribution in [-0.4, -0.2) is 6.54 Å². The third-order valence-corrected chi connectivity index (χ3v) is 2.00. The fourth-order valence-corrected chi connectivity index (χ4v) is 1.42. The van der Waals surface area contributed by atoms with Gasteiger partial charge < -0.3 is 5.32 Å². The summed E-state index contributed by atoms with van der Waals surface area (Å²) in [6.07, 6.45) is 1.19. The molecule has 12 heavy (non-hydrogen) atoms. The van der Waals surface area contributed by atoms with E-state index in [0.717, 1.165) is 13.1 Å². The van der Waals surface area contributed by atoms with E-state index in [1.54, 1.807) is 0 Å². The molecule has 3 nitrogen and oxygen atoms in total. The van der Waals surface area contributed by atoms with Crippen LogP contribution >= 0.6 is 0 Å². The van der Waals surface area contributed by atoms with Crippen LogP contribution in [0.15, 0.2) is 24.3 Å². The van der Waals surface area contributed by atoms with E-state index in [9.17, 15) is 0 Å². The maximum atomic E-state index is 6.00. The molecule has 0 saturated carbocycles. The molecule has 0 amide bonds. The lowest BCUT2D eigenvalue weighted by Gasteiger charge is -2.15. The Morgan fingerprint density at radius 3 is 2.42 bits per heavy atom. The number of benzene rings is 1. The van der Waals surface area contributed by atoms with Gasteiger partial charge in [-0.3, -0.25) is 0 Å². The summed E-state index contributed by atoms with van der Waals surface area (Å²) in [6.45, 7) is 2.19. The SMILES string of the molecule is N#N.c1ccc2c(c1)CCNC2. The third-order valence-electron chi connectivity index (χ3n) is 2.00. The smallest absolute Gasteiger partial charge is 0.0208 e. The minimum absolute atomic E-state index is 1.05. The first-order valence-electron chi connectivity index (χ1n) is 3.94. The summed E-state index contributed by atoms with van der Waals surface area (Å²) in [7, 11) is 0. The fraction of sp³-hybridized carbons (Fsp3) is 0.333. The molecule has 1 heterocycles. The number of hydrogen-bond acceptors (Lipinski definition) is 3. The van der Waals surface area contributed by atoms with Crippen LogP contribution in [0.3, 0.4) is 0 Å². The molecule has 0 fully saturated rings. The van der Waals surface area contributed by atoms with Gasteiger partial charge in [0.15, 0.2) is 0 Å². The van der Waals surface area contributed by atoms with Crippen LogP contribution in [0.2, 0.25) is 0 Å². The predicted molar refractivity (Wildman–Crippen MR) is 45.3 cm³/mol. The second-order valence-electron chi connectivity index (χ2n) is 2.70. The van der Waals surface area contributed by atoms with Crippen LogP contribution in [0.1, 0.15) is 11.1 Å². The molecule has 0 unspecified atom stereocenters. The fourth-order valence-electron chi connectivity index (χ4n) is 1.42. The Balaban J connectivity index is 0.000000336. The summed E-state index contributed by atoms with van der Waals surface area (Å²) < 4.78 is 0. The van der Waals surface area contributed by atoms with Crippen molar-refractivity contribution < 1.29 is 0 Å². The van der Waals surface area contributed by atoms with E-state index < -0.39 is 0 Å². The van der Waals surface area contributed by atoms with Crippen LogP contribution in [0.25, 0.3) is 0 Å². The van der Waals surface area contributed by atoms with E-state index in [1.807, 2.05) is 0 Å². The van der Waals surface area contributed by atoms with Crippen LogP contribution in [0.4, 0.5) is 0 Å². The molecule has 0 aliphatic carbocycles. The van der Waals surface area contributed by atoms with Crippen molar-refractivity contribution in [1.82, 2.24) is 5.32 Å². The Morgan fingerprint density at radius 1 is 1.08 bits per heavy atom. The number of nitrogens with one attached hydrogen (secondary N) is 1. The lowest BCUT2D eigenvalue weighted by molar-refractivity contribution is 0.644. The van der Waals surface area contributed by atoms with Crippen molar-refractivity contribution in [1.29, 1.82) is 10.8 Å². The van der Waals surface area contributed by atoms with Crippen molar-refractivity contribution in [3.63, 3.8) is 0 Å². The van der Waals surface area contributed by atoms with E-state index >= 15 is 0 Å². The molecule has 62 valence electrons. The van der Waals surface area contributed by atoms with Crippen molar-refractivity contribution >= 4 is 0 Å². The molecule has 0 spiro atoms. The van der Waals surface area contributed by atoms with E-state index in [4.69, 9.17) is 10.8 Å². The Labute approximate surface area is 71.8 Å². The van der Waals surface area contributed by atoms with Gasteiger partial charge in [0.2, 0.25) is 0 Å². The van der Waals surface area contributed by atoms with Crippen molar-refractivity contribution in [3.8, 4) is 0 Å². The third kappa shape index (κ3) is 1.80. The van der Waals surface area contributed by atoms with E-state index in [0.29, 0.717) is 0 Å². The maximum absolute atomic E-state index is 6.00. The van der Waals surface area contributed by atoms with Crippen LogP contribution in [0, 0.1) is 10.8 Å². The zero-order valence-electron chi connectivity index (χ0n) is 6.83. The quantitative estimate of drug-likeness (QED) is 0.584. The highest BCUT2D eigenvalue weighted by Crippen LogP contribution is 2.11. The lowest BCUT2D eigenvalue weighted by atomic mass is 10.0. The zero-order chi connectivity index (χ0) is 8.81.